The second kappa shape index (κ2) is 8.32. The minimum atomic E-state index is -0.866. The van der Waals surface area contributed by atoms with Gasteiger partial charge in [0.1, 0.15) is 0 Å². The predicted octanol–water partition coefficient (Wildman–Crippen LogP) is 1.31. The van der Waals surface area contributed by atoms with E-state index in [1.165, 1.54) is 0 Å². The summed E-state index contributed by atoms with van der Waals surface area (Å²) in [5.74, 6) is -1.59. The van der Waals surface area contributed by atoms with Crippen molar-refractivity contribution in [3.05, 3.63) is 35.9 Å². The van der Waals surface area contributed by atoms with Gasteiger partial charge in [-0.15, -0.1) is 0 Å². The maximum atomic E-state index is 11.5. The van der Waals surface area contributed by atoms with E-state index in [4.69, 9.17) is 0 Å². The Labute approximate surface area is 119 Å². The molecule has 0 fully saturated rings. The molecule has 0 saturated carbocycles. The van der Waals surface area contributed by atoms with Gasteiger partial charge in [-0.25, -0.2) is 0 Å². The predicted molar refractivity (Wildman–Crippen MR) is 77.6 cm³/mol. The van der Waals surface area contributed by atoms with Crippen LogP contribution >= 0.6 is 0 Å². The highest BCUT2D eigenvalue weighted by atomic mass is 16.4. The van der Waals surface area contributed by atoms with Gasteiger partial charge in [-0.3, -0.25) is 14.5 Å². The lowest BCUT2D eigenvalue weighted by Crippen LogP contribution is -2.39. The SMILES string of the molecule is CCCN(CC(=O)NC)CC(C(=O)O)c1ccccc1. The number of hydrogen-bond acceptors (Lipinski definition) is 3. The average Bonchev–Trinajstić information content (AvgIpc) is 2.45. The minimum absolute atomic E-state index is 0.101. The summed E-state index contributed by atoms with van der Waals surface area (Å²) < 4.78 is 0. The molecule has 0 heterocycles. The van der Waals surface area contributed by atoms with Gasteiger partial charge in [0.15, 0.2) is 0 Å². The molecule has 5 nitrogen and oxygen atoms in total. The standard InChI is InChI=1S/C15H22N2O3/c1-3-9-17(11-14(18)16-2)10-13(15(19)20)12-7-5-4-6-8-12/h4-8,13H,3,9-11H2,1-2H3,(H,16,18)(H,19,20). The molecule has 1 atom stereocenters. The second-order valence-electron chi connectivity index (χ2n) is 4.71. The Hall–Kier alpha value is -1.88. The molecule has 0 aromatic heterocycles. The summed E-state index contributed by atoms with van der Waals surface area (Å²) in [6, 6.07) is 9.13. The first kappa shape index (κ1) is 16.2. The maximum absolute atomic E-state index is 11.5. The summed E-state index contributed by atoms with van der Waals surface area (Å²) in [5.41, 5.74) is 0.762. The molecule has 0 spiro atoms. The van der Waals surface area contributed by atoms with Gasteiger partial charge in [-0.05, 0) is 18.5 Å². The van der Waals surface area contributed by atoms with Crippen LogP contribution in [-0.4, -0.2) is 48.6 Å². The van der Waals surface area contributed by atoms with Crippen LogP contribution in [0.25, 0.3) is 0 Å². The van der Waals surface area contributed by atoms with Gasteiger partial charge in [0, 0.05) is 13.6 Å². The minimum Gasteiger partial charge on any atom is -0.481 e. The molecule has 1 rings (SSSR count). The van der Waals surface area contributed by atoms with Crippen molar-refractivity contribution in [3.8, 4) is 0 Å². The summed E-state index contributed by atoms with van der Waals surface area (Å²) in [5, 5.41) is 12.0. The Bertz CT molecular complexity index is 434. The van der Waals surface area contributed by atoms with E-state index in [2.05, 4.69) is 5.32 Å². The number of likely N-dealkylation sites (N-methyl/N-ethyl adjacent to an activating group) is 1. The maximum Gasteiger partial charge on any atom is 0.312 e. The van der Waals surface area contributed by atoms with E-state index < -0.39 is 11.9 Å². The van der Waals surface area contributed by atoms with Crippen LogP contribution in [0.15, 0.2) is 30.3 Å². The molecule has 0 aliphatic rings. The van der Waals surface area contributed by atoms with Gasteiger partial charge in [0.05, 0.1) is 12.5 Å². The normalized spacial score (nSPS) is 12.2. The number of amides is 1. The first-order chi connectivity index (χ1) is 9.58. The first-order valence-corrected chi connectivity index (χ1v) is 6.79. The Morgan fingerprint density at radius 2 is 1.95 bits per heavy atom. The van der Waals surface area contributed by atoms with Crippen molar-refractivity contribution in [2.45, 2.75) is 19.3 Å². The van der Waals surface area contributed by atoms with Crippen molar-refractivity contribution in [1.29, 1.82) is 0 Å². The van der Waals surface area contributed by atoms with E-state index in [9.17, 15) is 14.7 Å². The first-order valence-electron chi connectivity index (χ1n) is 6.79. The van der Waals surface area contributed by atoms with Crippen LogP contribution in [0.2, 0.25) is 0 Å². The summed E-state index contributed by atoms with van der Waals surface area (Å²) >= 11 is 0. The van der Waals surface area contributed by atoms with Crippen molar-refractivity contribution in [3.63, 3.8) is 0 Å². The molecule has 1 unspecified atom stereocenters. The van der Waals surface area contributed by atoms with E-state index in [0.29, 0.717) is 13.1 Å². The van der Waals surface area contributed by atoms with Crippen LogP contribution in [0.1, 0.15) is 24.8 Å². The fourth-order valence-corrected chi connectivity index (χ4v) is 2.10. The van der Waals surface area contributed by atoms with Gasteiger partial charge in [-0.2, -0.15) is 0 Å². The van der Waals surface area contributed by atoms with Crippen LogP contribution in [0, 0.1) is 0 Å². The third-order valence-corrected chi connectivity index (χ3v) is 3.13. The van der Waals surface area contributed by atoms with Crippen LogP contribution < -0.4 is 5.32 Å². The monoisotopic (exact) mass is 278 g/mol. The smallest absolute Gasteiger partial charge is 0.312 e. The quantitative estimate of drug-likeness (QED) is 0.752. The number of nitrogens with zero attached hydrogens (tertiary/aromatic N) is 1. The number of carbonyl (C=O) groups is 2. The Kier molecular flexibility index (Phi) is 6.73. The number of nitrogens with one attached hydrogen (secondary N) is 1. The van der Waals surface area contributed by atoms with E-state index in [-0.39, 0.29) is 12.5 Å². The van der Waals surface area contributed by atoms with E-state index in [0.717, 1.165) is 12.0 Å². The van der Waals surface area contributed by atoms with Gasteiger partial charge in [0.2, 0.25) is 5.91 Å². The van der Waals surface area contributed by atoms with Gasteiger partial charge < -0.3 is 10.4 Å². The highest BCUT2D eigenvalue weighted by Gasteiger charge is 2.23. The molecule has 0 aliphatic heterocycles. The fourth-order valence-electron chi connectivity index (χ4n) is 2.10. The zero-order chi connectivity index (χ0) is 15.0. The van der Waals surface area contributed by atoms with Crippen LogP contribution in [0.5, 0.6) is 0 Å². The summed E-state index contributed by atoms with van der Waals surface area (Å²) in [6.07, 6.45) is 0.873. The molecule has 20 heavy (non-hydrogen) atoms. The highest BCUT2D eigenvalue weighted by molar-refractivity contribution is 5.78. The molecule has 0 bridgehead atoms. The zero-order valence-corrected chi connectivity index (χ0v) is 12.0. The Balaban J connectivity index is 2.81. The van der Waals surface area contributed by atoms with Crippen molar-refractivity contribution in [2.24, 2.45) is 0 Å². The topological polar surface area (TPSA) is 69.6 Å². The van der Waals surface area contributed by atoms with Crippen LogP contribution in [-0.2, 0) is 9.59 Å². The van der Waals surface area contributed by atoms with E-state index in [1.807, 2.05) is 42.2 Å². The number of carbonyl (C=O) groups excluding carboxylic acids is 1. The van der Waals surface area contributed by atoms with Crippen molar-refractivity contribution in [2.75, 3.05) is 26.7 Å². The van der Waals surface area contributed by atoms with Gasteiger partial charge in [-0.1, -0.05) is 37.3 Å². The third kappa shape index (κ3) is 5.01. The lowest BCUT2D eigenvalue weighted by atomic mass is 9.98. The lowest BCUT2D eigenvalue weighted by Gasteiger charge is -2.24. The Morgan fingerprint density at radius 1 is 1.30 bits per heavy atom. The number of aliphatic carboxylic acids is 1. The summed E-state index contributed by atoms with van der Waals surface area (Å²) in [6.45, 7) is 3.26. The second-order valence-corrected chi connectivity index (χ2v) is 4.71. The number of benzene rings is 1. The molecule has 0 radical (unpaired) electrons. The molecule has 0 saturated heterocycles. The molecular formula is C15H22N2O3. The van der Waals surface area contributed by atoms with Gasteiger partial charge >= 0.3 is 5.97 Å². The Morgan fingerprint density at radius 3 is 2.45 bits per heavy atom. The molecule has 1 aromatic rings. The molecule has 2 N–H and O–H groups in total. The van der Waals surface area contributed by atoms with Crippen molar-refractivity contribution < 1.29 is 14.7 Å². The van der Waals surface area contributed by atoms with Gasteiger partial charge in [0.25, 0.3) is 0 Å². The average molecular weight is 278 g/mol. The van der Waals surface area contributed by atoms with E-state index in [1.54, 1.807) is 7.05 Å². The lowest BCUT2D eigenvalue weighted by molar-refractivity contribution is -0.139. The molecule has 1 aromatic carbocycles. The van der Waals surface area contributed by atoms with Crippen molar-refractivity contribution in [1.82, 2.24) is 10.2 Å². The van der Waals surface area contributed by atoms with Crippen molar-refractivity contribution >= 4 is 11.9 Å². The molecule has 110 valence electrons. The summed E-state index contributed by atoms with van der Waals surface area (Å²) in [4.78, 5) is 24.8. The number of carboxylic acids is 1. The summed E-state index contributed by atoms with van der Waals surface area (Å²) in [7, 11) is 1.58. The third-order valence-electron chi connectivity index (χ3n) is 3.13. The molecule has 1 amide bonds. The molecular weight excluding hydrogens is 256 g/mol. The largest absolute Gasteiger partial charge is 0.481 e. The number of hydrogen-bond donors (Lipinski definition) is 2. The highest BCUT2D eigenvalue weighted by Crippen LogP contribution is 2.17. The van der Waals surface area contributed by atoms with E-state index >= 15 is 0 Å². The fraction of sp³-hybridized carbons (Fsp3) is 0.467. The zero-order valence-electron chi connectivity index (χ0n) is 12.0. The van der Waals surface area contributed by atoms with Crippen LogP contribution in [0.3, 0.4) is 0 Å². The number of rotatable bonds is 8. The molecule has 0 aliphatic carbocycles. The van der Waals surface area contributed by atoms with Crippen LogP contribution in [0.4, 0.5) is 0 Å². The number of carboxylic acid groups (broad SMARTS) is 1. The molecule has 5 heteroatoms.